The number of nitrogens with zero attached hydrogens (tertiary/aromatic N) is 3. The number of aromatic nitrogens is 3. The lowest BCUT2D eigenvalue weighted by molar-refractivity contribution is -0.143. The Kier molecular flexibility index (Phi) is 5.17. The number of halogens is 2. The van der Waals surface area contributed by atoms with E-state index in [9.17, 15) is 13.6 Å². The predicted octanol–water partition coefficient (Wildman–Crippen LogP) is 2.99. The number of aryl methyl sites for hydroxylation is 1. The molecule has 1 aromatic carbocycles. The van der Waals surface area contributed by atoms with Gasteiger partial charge in [-0.3, -0.25) is 9.48 Å². The zero-order chi connectivity index (χ0) is 17.6. The third kappa shape index (κ3) is 4.50. The van der Waals surface area contributed by atoms with Gasteiger partial charge in [-0.1, -0.05) is 0 Å². The second-order valence-corrected chi connectivity index (χ2v) is 5.29. The summed E-state index contributed by atoms with van der Waals surface area (Å²) < 4.78 is 38.2. The van der Waals surface area contributed by atoms with Gasteiger partial charge in [-0.25, -0.2) is 13.8 Å². The SMILES string of the molecule is O=C(Cc1coc(-c2ccc(F)c(F)c2)n1)OCCCn1cccn1. The zero-order valence-corrected chi connectivity index (χ0v) is 13.2. The van der Waals surface area contributed by atoms with Gasteiger partial charge >= 0.3 is 5.97 Å². The summed E-state index contributed by atoms with van der Waals surface area (Å²) in [5, 5.41) is 4.05. The Morgan fingerprint density at radius 2 is 2.16 bits per heavy atom. The molecule has 0 aliphatic rings. The van der Waals surface area contributed by atoms with Crippen LogP contribution in [0.4, 0.5) is 8.78 Å². The van der Waals surface area contributed by atoms with Crippen molar-refractivity contribution in [2.24, 2.45) is 0 Å². The molecule has 6 nitrogen and oxygen atoms in total. The van der Waals surface area contributed by atoms with Crippen LogP contribution < -0.4 is 0 Å². The van der Waals surface area contributed by atoms with E-state index in [0.717, 1.165) is 12.1 Å². The van der Waals surface area contributed by atoms with Crippen molar-refractivity contribution in [2.45, 2.75) is 19.4 Å². The Balaban J connectivity index is 1.48. The number of benzene rings is 1. The topological polar surface area (TPSA) is 70.2 Å². The van der Waals surface area contributed by atoms with E-state index in [0.29, 0.717) is 18.7 Å². The number of ether oxygens (including phenoxy) is 1. The number of hydrogen-bond donors (Lipinski definition) is 0. The Bertz CT molecular complexity index is 847. The van der Waals surface area contributed by atoms with Crippen LogP contribution in [0.1, 0.15) is 12.1 Å². The third-order valence-corrected chi connectivity index (χ3v) is 3.40. The van der Waals surface area contributed by atoms with Gasteiger partial charge in [0, 0.05) is 30.9 Å². The molecule has 3 aromatic rings. The number of carbonyl (C=O) groups is 1. The summed E-state index contributed by atoms with van der Waals surface area (Å²) >= 11 is 0. The van der Waals surface area contributed by atoms with Crippen LogP contribution in [0.3, 0.4) is 0 Å². The van der Waals surface area contributed by atoms with E-state index in [1.807, 2.05) is 12.3 Å². The van der Waals surface area contributed by atoms with Crippen molar-refractivity contribution in [3.8, 4) is 11.5 Å². The second-order valence-electron chi connectivity index (χ2n) is 5.29. The van der Waals surface area contributed by atoms with Crippen molar-refractivity contribution >= 4 is 5.97 Å². The van der Waals surface area contributed by atoms with Crippen LogP contribution in [0.25, 0.3) is 11.5 Å². The predicted molar refractivity (Wildman–Crippen MR) is 83.4 cm³/mol. The zero-order valence-electron chi connectivity index (χ0n) is 13.2. The lowest BCUT2D eigenvalue weighted by Gasteiger charge is -2.03. The first-order valence-electron chi connectivity index (χ1n) is 7.65. The van der Waals surface area contributed by atoms with Crippen molar-refractivity contribution < 1.29 is 22.7 Å². The van der Waals surface area contributed by atoms with Crippen molar-refractivity contribution in [3.05, 3.63) is 60.3 Å². The van der Waals surface area contributed by atoms with Crippen molar-refractivity contribution in [3.63, 3.8) is 0 Å². The van der Waals surface area contributed by atoms with Gasteiger partial charge < -0.3 is 9.15 Å². The molecule has 0 spiro atoms. The van der Waals surface area contributed by atoms with Crippen molar-refractivity contribution in [1.82, 2.24) is 14.8 Å². The van der Waals surface area contributed by atoms with Crippen LogP contribution in [0, 0.1) is 11.6 Å². The third-order valence-electron chi connectivity index (χ3n) is 3.40. The monoisotopic (exact) mass is 347 g/mol. The van der Waals surface area contributed by atoms with Crippen molar-refractivity contribution in [1.29, 1.82) is 0 Å². The lowest BCUT2D eigenvalue weighted by Crippen LogP contribution is -2.11. The van der Waals surface area contributed by atoms with Gasteiger partial charge in [-0.15, -0.1) is 0 Å². The highest BCUT2D eigenvalue weighted by Crippen LogP contribution is 2.21. The molecule has 0 saturated carbocycles. The summed E-state index contributed by atoms with van der Waals surface area (Å²) in [4.78, 5) is 15.9. The van der Waals surface area contributed by atoms with Crippen LogP contribution in [-0.4, -0.2) is 27.3 Å². The lowest BCUT2D eigenvalue weighted by atomic mass is 10.2. The molecule has 0 fully saturated rings. The smallest absolute Gasteiger partial charge is 0.311 e. The van der Waals surface area contributed by atoms with Crippen LogP contribution >= 0.6 is 0 Å². The first-order chi connectivity index (χ1) is 12.1. The summed E-state index contributed by atoms with van der Waals surface area (Å²) in [6.45, 7) is 0.928. The molecule has 0 unspecified atom stereocenters. The molecule has 0 aliphatic heterocycles. The van der Waals surface area contributed by atoms with E-state index in [2.05, 4.69) is 10.1 Å². The molecule has 0 N–H and O–H groups in total. The largest absolute Gasteiger partial charge is 0.465 e. The quantitative estimate of drug-likeness (QED) is 0.485. The molecule has 3 rings (SSSR count). The van der Waals surface area contributed by atoms with Gasteiger partial charge in [0.15, 0.2) is 11.6 Å². The Hall–Kier alpha value is -3.03. The number of hydrogen-bond acceptors (Lipinski definition) is 5. The first-order valence-corrected chi connectivity index (χ1v) is 7.65. The van der Waals surface area contributed by atoms with Gasteiger partial charge in [-0.2, -0.15) is 5.10 Å². The summed E-state index contributed by atoms with van der Waals surface area (Å²) in [6, 6.07) is 5.14. The molecule has 0 atom stereocenters. The summed E-state index contributed by atoms with van der Waals surface area (Å²) in [6.07, 6.45) is 5.39. The van der Waals surface area contributed by atoms with E-state index < -0.39 is 17.6 Å². The maximum absolute atomic E-state index is 13.2. The van der Waals surface area contributed by atoms with E-state index in [1.54, 1.807) is 10.9 Å². The number of esters is 1. The van der Waals surface area contributed by atoms with Gasteiger partial charge in [0.2, 0.25) is 5.89 Å². The maximum Gasteiger partial charge on any atom is 0.311 e. The molecule has 0 amide bonds. The number of carbonyl (C=O) groups excluding carboxylic acids is 1. The number of rotatable bonds is 7. The van der Waals surface area contributed by atoms with Gasteiger partial charge in [0.1, 0.15) is 6.26 Å². The molecule has 2 heterocycles. The number of oxazole rings is 1. The fraction of sp³-hybridized carbons (Fsp3) is 0.235. The molecular formula is C17H15F2N3O3. The highest BCUT2D eigenvalue weighted by atomic mass is 19.2. The Morgan fingerprint density at radius 1 is 1.28 bits per heavy atom. The van der Waals surface area contributed by atoms with E-state index >= 15 is 0 Å². The standard InChI is InChI=1S/C17H15F2N3O3/c18-14-4-3-12(9-15(14)19)17-21-13(11-25-17)10-16(23)24-8-2-7-22-6-1-5-20-22/h1,3-6,9,11H,2,7-8,10H2. The molecule has 8 heteroatoms. The summed E-state index contributed by atoms with van der Waals surface area (Å²) in [5.74, 6) is -2.27. The minimum Gasteiger partial charge on any atom is -0.465 e. The molecular weight excluding hydrogens is 332 g/mol. The van der Waals surface area contributed by atoms with E-state index in [4.69, 9.17) is 9.15 Å². The molecule has 25 heavy (non-hydrogen) atoms. The van der Waals surface area contributed by atoms with E-state index in [1.165, 1.54) is 12.3 Å². The maximum atomic E-state index is 13.2. The minimum absolute atomic E-state index is 0.0606. The fourth-order valence-electron chi connectivity index (χ4n) is 2.19. The molecule has 2 aromatic heterocycles. The summed E-state index contributed by atoms with van der Waals surface area (Å²) in [5.41, 5.74) is 0.648. The summed E-state index contributed by atoms with van der Waals surface area (Å²) in [7, 11) is 0. The van der Waals surface area contributed by atoms with Gasteiger partial charge in [0.25, 0.3) is 0 Å². The second kappa shape index (κ2) is 7.69. The van der Waals surface area contributed by atoms with Gasteiger partial charge in [-0.05, 0) is 24.3 Å². The highest BCUT2D eigenvalue weighted by Gasteiger charge is 2.13. The van der Waals surface area contributed by atoms with Crippen LogP contribution in [0.15, 0.2) is 47.3 Å². The fourth-order valence-corrected chi connectivity index (χ4v) is 2.19. The van der Waals surface area contributed by atoms with Crippen molar-refractivity contribution in [2.75, 3.05) is 6.61 Å². The minimum atomic E-state index is -0.992. The van der Waals surface area contributed by atoms with Crippen LogP contribution in [0.2, 0.25) is 0 Å². The molecule has 0 bridgehead atoms. The Morgan fingerprint density at radius 3 is 2.92 bits per heavy atom. The molecule has 0 radical (unpaired) electrons. The molecule has 0 saturated heterocycles. The molecule has 130 valence electrons. The first kappa shape index (κ1) is 16.8. The normalized spacial score (nSPS) is 10.8. The van der Waals surface area contributed by atoms with Crippen LogP contribution in [-0.2, 0) is 22.5 Å². The molecule has 0 aliphatic carbocycles. The highest BCUT2D eigenvalue weighted by molar-refractivity contribution is 5.72. The van der Waals surface area contributed by atoms with E-state index in [-0.39, 0.29) is 24.5 Å². The average molecular weight is 347 g/mol. The Labute approximate surface area is 142 Å². The average Bonchev–Trinajstić information content (AvgIpc) is 3.26. The van der Waals surface area contributed by atoms with Crippen LogP contribution in [0.5, 0.6) is 0 Å². The van der Waals surface area contributed by atoms with Gasteiger partial charge in [0.05, 0.1) is 18.7 Å².